The summed E-state index contributed by atoms with van der Waals surface area (Å²) in [5.41, 5.74) is 3.66. The Kier molecular flexibility index (Phi) is 5.27. The highest BCUT2D eigenvalue weighted by atomic mass is 32.2. The predicted octanol–water partition coefficient (Wildman–Crippen LogP) is 2.12. The number of nitrogens with one attached hydrogen (secondary N) is 1. The van der Waals surface area contributed by atoms with E-state index in [0.29, 0.717) is 6.54 Å². The topological polar surface area (TPSA) is 49.4 Å². The van der Waals surface area contributed by atoms with E-state index in [0.717, 1.165) is 25.2 Å². The summed E-state index contributed by atoms with van der Waals surface area (Å²) in [7, 11) is -2.86. The number of rotatable bonds is 5. The number of anilines is 1. The molecule has 1 atom stereocenters. The highest BCUT2D eigenvalue weighted by molar-refractivity contribution is 7.91. The fourth-order valence-electron chi connectivity index (χ4n) is 2.92. The molecular formula is C16H26N2O2S. The molecule has 0 aliphatic carbocycles. The van der Waals surface area contributed by atoms with Gasteiger partial charge in [-0.3, -0.25) is 0 Å². The molecule has 2 rings (SSSR count). The highest BCUT2D eigenvalue weighted by Crippen LogP contribution is 2.26. The predicted molar refractivity (Wildman–Crippen MR) is 88.6 cm³/mol. The molecule has 1 heterocycles. The molecule has 1 fully saturated rings. The van der Waals surface area contributed by atoms with E-state index in [2.05, 4.69) is 42.3 Å². The second-order valence-electron chi connectivity index (χ2n) is 5.95. The summed E-state index contributed by atoms with van der Waals surface area (Å²) in [4.78, 5) is 2.22. The molecule has 1 aromatic carbocycles. The fraction of sp³-hybridized carbons (Fsp3) is 0.625. The molecule has 1 aliphatic heterocycles. The van der Waals surface area contributed by atoms with Crippen LogP contribution in [0, 0.1) is 6.92 Å². The quantitative estimate of drug-likeness (QED) is 0.846. The molecule has 0 bridgehead atoms. The maximum atomic E-state index is 11.7. The molecule has 5 heteroatoms. The van der Waals surface area contributed by atoms with Crippen molar-refractivity contribution in [2.75, 3.05) is 29.5 Å². The monoisotopic (exact) mass is 310 g/mol. The van der Waals surface area contributed by atoms with Crippen LogP contribution in [-0.4, -0.2) is 39.1 Å². The first kappa shape index (κ1) is 16.3. The van der Waals surface area contributed by atoms with Crippen molar-refractivity contribution in [3.8, 4) is 0 Å². The smallest absolute Gasteiger partial charge is 0.154 e. The number of sulfone groups is 1. The highest BCUT2D eigenvalue weighted by Gasteiger charge is 2.28. The van der Waals surface area contributed by atoms with E-state index in [-0.39, 0.29) is 17.5 Å². The van der Waals surface area contributed by atoms with E-state index in [1.54, 1.807) is 0 Å². The molecule has 1 aromatic rings. The van der Waals surface area contributed by atoms with Crippen molar-refractivity contribution in [3.05, 3.63) is 29.3 Å². The van der Waals surface area contributed by atoms with Crippen LogP contribution in [0.5, 0.6) is 0 Å². The number of hydrogen-bond donors (Lipinski definition) is 1. The maximum absolute atomic E-state index is 11.7. The van der Waals surface area contributed by atoms with Crippen LogP contribution in [0.15, 0.2) is 18.2 Å². The van der Waals surface area contributed by atoms with Crippen molar-refractivity contribution in [1.82, 2.24) is 5.32 Å². The number of hydrogen-bond acceptors (Lipinski definition) is 4. The molecule has 0 radical (unpaired) electrons. The first-order chi connectivity index (χ1) is 9.93. The standard InChI is InChI=1S/C16H26N2O2S/c1-4-7-17-11-15-5-6-16(13(2)10-15)18-8-9-21(19,20)12-14(18)3/h5-6,10,14,17H,4,7-9,11-12H2,1-3H3. The lowest BCUT2D eigenvalue weighted by Crippen LogP contribution is -2.47. The maximum Gasteiger partial charge on any atom is 0.154 e. The van der Waals surface area contributed by atoms with E-state index in [1.807, 2.05) is 6.92 Å². The Balaban J connectivity index is 2.10. The van der Waals surface area contributed by atoms with Crippen LogP contribution in [0.1, 0.15) is 31.4 Å². The molecule has 0 amide bonds. The lowest BCUT2D eigenvalue weighted by atomic mass is 10.1. The van der Waals surface area contributed by atoms with Gasteiger partial charge in [0.05, 0.1) is 11.5 Å². The summed E-state index contributed by atoms with van der Waals surface area (Å²) in [6.45, 7) is 8.77. The normalized spacial score (nSPS) is 21.5. The Morgan fingerprint density at radius 3 is 2.76 bits per heavy atom. The zero-order valence-electron chi connectivity index (χ0n) is 13.2. The fourth-order valence-corrected chi connectivity index (χ4v) is 4.47. The van der Waals surface area contributed by atoms with Gasteiger partial charge in [0.2, 0.25) is 0 Å². The zero-order valence-corrected chi connectivity index (χ0v) is 14.0. The second kappa shape index (κ2) is 6.79. The van der Waals surface area contributed by atoms with Gasteiger partial charge in [0.1, 0.15) is 0 Å². The van der Waals surface area contributed by atoms with Crippen LogP contribution in [0.2, 0.25) is 0 Å². The Hall–Kier alpha value is -1.07. The van der Waals surface area contributed by atoms with Crippen molar-refractivity contribution in [2.45, 2.75) is 39.8 Å². The molecular weight excluding hydrogens is 284 g/mol. The van der Waals surface area contributed by atoms with E-state index in [9.17, 15) is 8.42 Å². The molecule has 118 valence electrons. The van der Waals surface area contributed by atoms with Crippen LogP contribution in [0.25, 0.3) is 0 Å². The van der Waals surface area contributed by atoms with Gasteiger partial charge in [-0.05, 0) is 44.0 Å². The molecule has 0 saturated carbocycles. The Bertz CT molecular complexity index is 584. The first-order valence-electron chi connectivity index (χ1n) is 7.70. The van der Waals surface area contributed by atoms with Crippen LogP contribution < -0.4 is 10.2 Å². The largest absolute Gasteiger partial charge is 0.367 e. The van der Waals surface area contributed by atoms with Crippen LogP contribution >= 0.6 is 0 Å². The van der Waals surface area contributed by atoms with Crippen molar-refractivity contribution >= 4 is 15.5 Å². The lowest BCUT2D eigenvalue weighted by Gasteiger charge is -2.36. The summed E-state index contributed by atoms with van der Waals surface area (Å²) in [6.07, 6.45) is 1.14. The minimum Gasteiger partial charge on any atom is -0.367 e. The molecule has 4 nitrogen and oxygen atoms in total. The SMILES string of the molecule is CCCNCc1ccc(N2CCS(=O)(=O)CC2C)c(C)c1. The van der Waals surface area contributed by atoms with Gasteiger partial charge in [-0.15, -0.1) is 0 Å². The lowest BCUT2D eigenvalue weighted by molar-refractivity contribution is 0.568. The van der Waals surface area contributed by atoms with Crippen LogP contribution in [0.3, 0.4) is 0 Å². The Labute approximate surface area is 128 Å². The zero-order chi connectivity index (χ0) is 15.5. The molecule has 1 saturated heterocycles. The summed E-state index contributed by atoms with van der Waals surface area (Å²) in [6, 6.07) is 6.52. The minimum atomic E-state index is -2.86. The van der Waals surface area contributed by atoms with Crippen molar-refractivity contribution in [1.29, 1.82) is 0 Å². The third-order valence-electron chi connectivity index (χ3n) is 4.00. The third-order valence-corrected chi connectivity index (χ3v) is 5.79. The van der Waals surface area contributed by atoms with Gasteiger partial charge in [0.15, 0.2) is 9.84 Å². The van der Waals surface area contributed by atoms with E-state index >= 15 is 0 Å². The number of aryl methyl sites for hydroxylation is 1. The molecule has 0 aromatic heterocycles. The van der Waals surface area contributed by atoms with E-state index in [1.165, 1.54) is 11.1 Å². The van der Waals surface area contributed by atoms with Gasteiger partial charge in [-0.25, -0.2) is 8.42 Å². The summed E-state index contributed by atoms with van der Waals surface area (Å²) in [5.74, 6) is 0.517. The number of benzene rings is 1. The van der Waals surface area contributed by atoms with Crippen LogP contribution in [-0.2, 0) is 16.4 Å². The van der Waals surface area contributed by atoms with Crippen molar-refractivity contribution < 1.29 is 8.42 Å². The minimum absolute atomic E-state index is 0.0477. The first-order valence-corrected chi connectivity index (χ1v) is 9.52. The Morgan fingerprint density at radius 1 is 1.38 bits per heavy atom. The van der Waals surface area contributed by atoms with E-state index < -0.39 is 9.84 Å². The average Bonchev–Trinajstić information content (AvgIpc) is 2.39. The summed E-state index contributed by atoms with van der Waals surface area (Å²) < 4.78 is 23.4. The Morgan fingerprint density at radius 2 is 2.14 bits per heavy atom. The van der Waals surface area contributed by atoms with Gasteiger partial charge in [-0.2, -0.15) is 0 Å². The van der Waals surface area contributed by atoms with Gasteiger partial charge < -0.3 is 10.2 Å². The second-order valence-corrected chi connectivity index (χ2v) is 8.18. The third kappa shape index (κ3) is 4.20. The van der Waals surface area contributed by atoms with Crippen molar-refractivity contribution in [3.63, 3.8) is 0 Å². The average molecular weight is 310 g/mol. The van der Waals surface area contributed by atoms with Gasteiger partial charge in [-0.1, -0.05) is 19.1 Å². The number of nitrogens with zero attached hydrogens (tertiary/aromatic N) is 1. The molecule has 21 heavy (non-hydrogen) atoms. The van der Waals surface area contributed by atoms with Gasteiger partial charge in [0.25, 0.3) is 0 Å². The van der Waals surface area contributed by atoms with Gasteiger partial charge in [0, 0.05) is 24.8 Å². The molecule has 1 aliphatic rings. The molecule has 1 N–H and O–H groups in total. The molecule has 1 unspecified atom stereocenters. The van der Waals surface area contributed by atoms with Crippen LogP contribution in [0.4, 0.5) is 5.69 Å². The van der Waals surface area contributed by atoms with Gasteiger partial charge >= 0.3 is 0 Å². The summed E-state index contributed by atoms with van der Waals surface area (Å²) >= 11 is 0. The van der Waals surface area contributed by atoms with E-state index in [4.69, 9.17) is 0 Å². The van der Waals surface area contributed by atoms with Crippen molar-refractivity contribution in [2.24, 2.45) is 0 Å². The molecule has 0 spiro atoms. The summed E-state index contributed by atoms with van der Waals surface area (Å²) in [5, 5.41) is 3.40.